The predicted octanol–water partition coefficient (Wildman–Crippen LogP) is 1.06. The van der Waals surface area contributed by atoms with Crippen LogP contribution in [0.5, 0.6) is 0 Å². The molecular weight excluding hydrogens is 242 g/mol. The number of aryl methyl sites for hydroxylation is 1. The number of aliphatic hydroxyl groups is 1. The van der Waals surface area contributed by atoms with E-state index in [0.717, 1.165) is 19.3 Å². The van der Waals surface area contributed by atoms with E-state index in [2.05, 4.69) is 23.5 Å². The summed E-state index contributed by atoms with van der Waals surface area (Å²) in [7, 11) is 1.34. The molecule has 0 heterocycles. The number of fused-ring (bicyclic) bond motifs is 1. The summed E-state index contributed by atoms with van der Waals surface area (Å²) in [6.45, 7) is 1.60. The molecule has 0 saturated heterocycles. The molecule has 1 aromatic carbocycles. The van der Waals surface area contributed by atoms with Crippen LogP contribution in [0.2, 0.25) is 0 Å². The van der Waals surface area contributed by atoms with Crippen molar-refractivity contribution in [2.45, 2.75) is 44.4 Å². The van der Waals surface area contributed by atoms with Crippen LogP contribution in [0.1, 0.15) is 24.5 Å². The molecule has 4 heteroatoms. The van der Waals surface area contributed by atoms with Crippen LogP contribution < -0.4 is 5.32 Å². The van der Waals surface area contributed by atoms with Crippen LogP contribution in [0, 0.1) is 0 Å². The Bertz CT molecular complexity index is 445. The number of nitrogens with one attached hydrogen (secondary N) is 1. The van der Waals surface area contributed by atoms with Gasteiger partial charge in [0, 0.05) is 6.04 Å². The SMILES string of the molecule is COC(=O)[C@H](N[C@@H]1CCc2ccccc2C1)[C@H](C)O. The van der Waals surface area contributed by atoms with Gasteiger partial charge >= 0.3 is 5.97 Å². The molecule has 1 aliphatic carbocycles. The molecule has 0 fully saturated rings. The lowest BCUT2D eigenvalue weighted by molar-refractivity contribution is -0.146. The Morgan fingerprint density at radius 3 is 2.74 bits per heavy atom. The smallest absolute Gasteiger partial charge is 0.325 e. The fourth-order valence-electron chi connectivity index (χ4n) is 2.63. The number of carbonyl (C=O) groups excluding carboxylic acids is 1. The van der Waals surface area contributed by atoms with Gasteiger partial charge in [0.2, 0.25) is 0 Å². The number of carbonyl (C=O) groups is 1. The van der Waals surface area contributed by atoms with E-state index >= 15 is 0 Å². The predicted molar refractivity (Wildman–Crippen MR) is 72.9 cm³/mol. The lowest BCUT2D eigenvalue weighted by Gasteiger charge is -2.29. The van der Waals surface area contributed by atoms with E-state index in [9.17, 15) is 9.90 Å². The van der Waals surface area contributed by atoms with E-state index in [4.69, 9.17) is 4.74 Å². The topological polar surface area (TPSA) is 58.6 Å². The first-order chi connectivity index (χ1) is 9.11. The van der Waals surface area contributed by atoms with Gasteiger partial charge in [-0.15, -0.1) is 0 Å². The largest absolute Gasteiger partial charge is 0.468 e. The van der Waals surface area contributed by atoms with Gasteiger partial charge in [0.05, 0.1) is 13.2 Å². The van der Waals surface area contributed by atoms with Crippen molar-refractivity contribution in [3.05, 3.63) is 35.4 Å². The first-order valence-electron chi connectivity index (χ1n) is 6.70. The molecule has 1 aliphatic rings. The van der Waals surface area contributed by atoms with Crippen molar-refractivity contribution in [1.29, 1.82) is 0 Å². The molecule has 0 aliphatic heterocycles. The van der Waals surface area contributed by atoms with Gasteiger partial charge in [-0.25, -0.2) is 0 Å². The third-order valence-electron chi connectivity index (χ3n) is 3.70. The third-order valence-corrected chi connectivity index (χ3v) is 3.70. The van der Waals surface area contributed by atoms with Crippen LogP contribution in [0.3, 0.4) is 0 Å². The quantitative estimate of drug-likeness (QED) is 0.797. The lowest BCUT2D eigenvalue weighted by atomic mass is 9.88. The van der Waals surface area contributed by atoms with Crippen LogP contribution in [0.25, 0.3) is 0 Å². The molecule has 4 nitrogen and oxygen atoms in total. The number of ether oxygens (including phenoxy) is 1. The van der Waals surface area contributed by atoms with Crippen LogP contribution in [0.15, 0.2) is 24.3 Å². The van der Waals surface area contributed by atoms with Crippen LogP contribution in [-0.2, 0) is 22.4 Å². The minimum atomic E-state index is -0.760. The van der Waals surface area contributed by atoms with E-state index in [0.29, 0.717) is 0 Å². The van der Waals surface area contributed by atoms with Gasteiger partial charge in [-0.3, -0.25) is 10.1 Å². The van der Waals surface area contributed by atoms with Crippen molar-refractivity contribution in [2.24, 2.45) is 0 Å². The molecule has 0 unspecified atom stereocenters. The van der Waals surface area contributed by atoms with Gasteiger partial charge < -0.3 is 9.84 Å². The third kappa shape index (κ3) is 3.33. The summed E-state index contributed by atoms with van der Waals surface area (Å²) >= 11 is 0. The first kappa shape index (κ1) is 14.0. The van der Waals surface area contributed by atoms with Crippen molar-refractivity contribution in [2.75, 3.05) is 7.11 Å². The molecule has 3 atom stereocenters. The number of benzene rings is 1. The standard InChI is InChI=1S/C15H21NO3/c1-10(17)14(15(18)19-2)16-13-8-7-11-5-3-4-6-12(11)9-13/h3-6,10,13-14,16-17H,7-9H2,1-2H3/t10-,13+,14+/m0/s1. The maximum atomic E-state index is 11.6. The molecule has 0 saturated carbocycles. The maximum absolute atomic E-state index is 11.6. The molecule has 2 N–H and O–H groups in total. The summed E-state index contributed by atoms with van der Waals surface area (Å²) in [6, 6.07) is 7.91. The van der Waals surface area contributed by atoms with E-state index in [-0.39, 0.29) is 6.04 Å². The highest BCUT2D eigenvalue weighted by Gasteiger charge is 2.28. The first-order valence-corrected chi connectivity index (χ1v) is 6.70. The number of esters is 1. The summed E-state index contributed by atoms with van der Waals surface area (Å²) in [4.78, 5) is 11.6. The second kappa shape index (κ2) is 6.17. The van der Waals surface area contributed by atoms with Crippen molar-refractivity contribution in [3.8, 4) is 0 Å². The van der Waals surface area contributed by atoms with Crippen molar-refractivity contribution in [3.63, 3.8) is 0 Å². The Morgan fingerprint density at radius 1 is 1.42 bits per heavy atom. The summed E-state index contributed by atoms with van der Waals surface area (Å²) < 4.78 is 4.72. The molecule has 0 bridgehead atoms. The zero-order valence-corrected chi connectivity index (χ0v) is 11.4. The number of hydrogen-bond acceptors (Lipinski definition) is 4. The van der Waals surface area contributed by atoms with Gasteiger partial charge in [0.15, 0.2) is 0 Å². The van der Waals surface area contributed by atoms with E-state index < -0.39 is 18.1 Å². The Balaban J connectivity index is 2.02. The van der Waals surface area contributed by atoms with Gasteiger partial charge in [-0.05, 0) is 37.3 Å². The number of hydrogen-bond donors (Lipinski definition) is 2. The highest BCUT2D eigenvalue weighted by molar-refractivity contribution is 5.76. The van der Waals surface area contributed by atoms with Crippen LogP contribution in [0.4, 0.5) is 0 Å². The van der Waals surface area contributed by atoms with Crippen molar-refractivity contribution >= 4 is 5.97 Å². The average molecular weight is 263 g/mol. The summed E-state index contributed by atoms with van der Waals surface area (Å²) in [6.07, 6.45) is 2.10. The molecule has 104 valence electrons. The van der Waals surface area contributed by atoms with E-state index in [1.54, 1.807) is 6.92 Å². The van der Waals surface area contributed by atoms with Crippen molar-refractivity contribution in [1.82, 2.24) is 5.32 Å². The average Bonchev–Trinajstić information content (AvgIpc) is 2.43. The van der Waals surface area contributed by atoms with Crippen LogP contribution in [-0.4, -0.2) is 36.4 Å². The minimum absolute atomic E-state index is 0.202. The molecule has 2 rings (SSSR count). The monoisotopic (exact) mass is 263 g/mol. The zero-order valence-electron chi connectivity index (χ0n) is 11.4. The zero-order chi connectivity index (χ0) is 13.8. The summed E-state index contributed by atoms with van der Waals surface area (Å²) in [5.41, 5.74) is 2.70. The normalized spacial score (nSPS) is 21.3. The summed E-state index contributed by atoms with van der Waals surface area (Å²) in [5, 5.41) is 12.9. The van der Waals surface area contributed by atoms with Gasteiger partial charge in [-0.2, -0.15) is 0 Å². The molecule has 0 aromatic heterocycles. The Labute approximate surface area is 113 Å². The lowest BCUT2D eigenvalue weighted by Crippen LogP contribution is -2.51. The van der Waals surface area contributed by atoms with Gasteiger partial charge in [-0.1, -0.05) is 24.3 Å². The van der Waals surface area contributed by atoms with E-state index in [1.807, 2.05) is 6.07 Å². The highest BCUT2D eigenvalue weighted by Crippen LogP contribution is 2.21. The van der Waals surface area contributed by atoms with Gasteiger partial charge in [0.1, 0.15) is 6.04 Å². The second-order valence-electron chi connectivity index (χ2n) is 5.12. The highest BCUT2D eigenvalue weighted by atomic mass is 16.5. The molecular formula is C15H21NO3. The molecule has 1 aromatic rings. The molecule has 0 spiro atoms. The molecule has 19 heavy (non-hydrogen) atoms. The van der Waals surface area contributed by atoms with Crippen LogP contribution >= 0.6 is 0 Å². The fraction of sp³-hybridized carbons (Fsp3) is 0.533. The Morgan fingerprint density at radius 2 is 2.11 bits per heavy atom. The van der Waals surface area contributed by atoms with Crippen molar-refractivity contribution < 1.29 is 14.6 Å². The summed E-state index contributed by atoms with van der Waals surface area (Å²) in [5.74, 6) is -0.408. The maximum Gasteiger partial charge on any atom is 0.325 e. The number of methoxy groups -OCH3 is 1. The van der Waals surface area contributed by atoms with E-state index in [1.165, 1.54) is 18.2 Å². The minimum Gasteiger partial charge on any atom is -0.468 e. The molecule has 0 amide bonds. The fourth-order valence-corrected chi connectivity index (χ4v) is 2.63. The number of aliphatic hydroxyl groups excluding tert-OH is 1. The van der Waals surface area contributed by atoms with Gasteiger partial charge in [0.25, 0.3) is 0 Å². The second-order valence-corrected chi connectivity index (χ2v) is 5.12. The number of rotatable bonds is 4. The molecule has 0 radical (unpaired) electrons. The Kier molecular flexibility index (Phi) is 4.56. The Hall–Kier alpha value is -1.39.